The number of ether oxygens (including phenoxy) is 1. The van der Waals surface area contributed by atoms with Gasteiger partial charge in [-0.3, -0.25) is 4.79 Å². The van der Waals surface area contributed by atoms with Gasteiger partial charge >= 0.3 is 5.97 Å². The molecule has 2 aromatic heterocycles. The number of carbonyl (C=O) groups is 1. The van der Waals surface area contributed by atoms with Gasteiger partial charge in [-0.05, 0) is 44.1 Å². The van der Waals surface area contributed by atoms with Crippen LogP contribution in [-0.2, 0) is 28.9 Å². The molecule has 0 bridgehead atoms. The molecule has 0 aromatic carbocycles. The predicted molar refractivity (Wildman–Crippen MR) is 102 cm³/mol. The maximum absolute atomic E-state index is 11.6. The molecule has 1 atom stereocenters. The molecule has 3 rings (SSSR count). The van der Waals surface area contributed by atoms with Gasteiger partial charge in [0.15, 0.2) is 11.0 Å². The highest BCUT2D eigenvalue weighted by atomic mass is 32.2. The fourth-order valence-corrected chi connectivity index (χ4v) is 5.22. The predicted octanol–water partition coefficient (Wildman–Crippen LogP) is 4.20. The SMILES string of the molecule is CCCn1c(SCC(=O)OCC)nnc1-c1csc2c1CCC(C)C2. The van der Waals surface area contributed by atoms with E-state index < -0.39 is 0 Å². The van der Waals surface area contributed by atoms with Crippen molar-refractivity contribution in [1.82, 2.24) is 14.8 Å². The molecule has 0 aliphatic heterocycles. The van der Waals surface area contributed by atoms with Crippen molar-refractivity contribution in [1.29, 1.82) is 0 Å². The van der Waals surface area contributed by atoms with Crippen LogP contribution < -0.4 is 0 Å². The lowest BCUT2D eigenvalue weighted by Gasteiger charge is -2.19. The summed E-state index contributed by atoms with van der Waals surface area (Å²) in [5, 5.41) is 11.9. The van der Waals surface area contributed by atoms with E-state index in [1.165, 1.54) is 40.6 Å². The van der Waals surface area contributed by atoms with E-state index in [-0.39, 0.29) is 11.7 Å². The molecular weight excluding hydrogens is 354 g/mol. The minimum atomic E-state index is -0.206. The zero-order valence-electron chi connectivity index (χ0n) is 15.1. The third kappa shape index (κ3) is 4.08. The first-order chi connectivity index (χ1) is 12.1. The van der Waals surface area contributed by atoms with Gasteiger partial charge in [0.25, 0.3) is 0 Å². The second-order valence-corrected chi connectivity index (χ2v) is 8.36. The second kappa shape index (κ2) is 8.36. The van der Waals surface area contributed by atoms with E-state index in [0.717, 1.165) is 36.3 Å². The molecular formula is C18H25N3O2S2. The topological polar surface area (TPSA) is 57.0 Å². The van der Waals surface area contributed by atoms with Crippen LogP contribution >= 0.6 is 23.1 Å². The number of hydrogen-bond acceptors (Lipinski definition) is 6. The summed E-state index contributed by atoms with van der Waals surface area (Å²) < 4.78 is 7.17. The molecule has 136 valence electrons. The van der Waals surface area contributed by atoms with Crippen LogP contribution in [0.15, 0.2) is 10.5 Å². The molecule has 0 saturated heterocycles. The third-order valence-corrected chi connectivity index (χ3v) is 6.42. The van der Waals surface area contributed by atoms with E-state index in [9.17, 15) is 4.79 Å². The van der Waals surface area contributed by atoms with Gasteiger partial charge < -0.3 is 9.30 Å². The Labute approximate surface area is 157 Å². The van der Waals surface area contributed by atoms with Gasteiger partial charge in [0.2, 0.25) is 0 Å². The summed E-state index contributed by atoms with van der Waals surface area (Å²) in [5.41, 5.74) is 2.69. The Morgan fingerprint density at radius 1 is 1.44 bits per heavy atom. The van der Waals surface area contributed by atoms with Crippen molar-refractivity contribution >= 4 is 29.1 Å². The first kappa shape index (κ1) is 18.5. The summed E-state index contributed by atoms with van der Waals surface area (Å²) in [6.07, 6.45) is 4.54. The summed E-state index contributed by atoms with van der Waals surface area (Å²) in [6.45, 7) is 7.56. The molecule has 1 aliphatic rings. The summed E-state index contributed by atoms with van der Waals surface area (Å²) in [7, 11) is 0. The Morgan fingerprint density at radius 3 is 3.04 bits per heavy atom. The van der Waals surface area contributed by atoms with E-state index in [1.807, 2.05) is 18.3 Å². The fourth-order valence-electron chi connectivity index (χ4n) is 3.21. The second-order valence-electron chi connectivity index (χ2n) is 6.45. The minimum Gasteiger partial charge on any atom is -0.465 e. The van der Waals surface area contributed by atoms with Gasteiger partial charge in [-0.15, -0.1) is 21.5 Å². The van der Waals surface area contributed by atoms with Crippen LogP contribution in [0.5, 0.6) is 0 Å². The van der Waals surface area contributed by atoms with E-state index in [0.29, 0.717) is 6.61 Å². The van der Waals surface area contributed by atoms with Crippen molar-refractivity contribution in [2.45, 2.75) is 58.2 Å². The maximum atomic E-state index is 11.6. The minimum absolute atomic E-state index is 0.206. The Bertz CT molecular complexity index is 739. The third-order valence-electron chi connectivity index (χ3n) is 4.43. The number of carbonyl (C=O) groups excluding carboxylic acids is 1. The van der Waals surface area contributed by atoms with Crippen LogP contribution in [0.2, 0.25) is 0 Å². The smallest absolute Gasteiger partial charge is 0.316 e. The normalized spacial score (nSPS) is 16.7. The van der Waals surface area contributed by atoms with Gasteiger partial charge in [-0.1, -0.05) is 25.6 Å². The molecule has 2 heterocycles. The van der Waals surface area contributed by atoms with Crippen molar-refractivity contribution < 1.29 is 9.53 Å². The van der Waals surface area contributed by atoms with Crippen LogP contribution in [0, 0.1) is 5.92 Å². The average molecular weight is 380 g/mol. The monoisotopic (exact) mass is 379 g/mol. The van der Waals surface area contributed by atoms with Crippen molar-refractivity contribution in [2.75, 3.05) is 12.4 Å². The van der Waals surface area contributed by atoms with Crippen molar-refractivity contribution in [2.24, 2.45) is 5.92 Å². The number of aromatic nitrogens is 3. The number of thioether (sulfide) groups is 1. The lowest BCUT2D eigenvalue weighted by Crippen LogP contribution is -2.10. The average Bonchev–Trinajstić information content (AvgIpc) is 3.17. The number of nitrogens with zero attached hydrogens (tertiary/aromatic N) is 3. The molecule has 0 radical (unpaired) electrons. The van der Waals surface area contributed by atoms with E-state index in [4.69, 9.17) is 4.74 Å². The largest absolute Gasteiger partial charge is 0.465 e. The van der Waals surface area contributed by atoms with Crippen molar-refractivity contribution in [3.05, 3.63) is 15.8 Å². The van der Waals surface area contributed by atoms with E-state index in [2.05, 4.69) is 34.0 Å². The van der Waals surface area contributed by atoms with Gasteiger partial charge in [-0.2, -0.15) is 0 Å². The summed E-state index contributed by atoms with van der Waals surface area (Å²) >= 11 is 3.26. The summed E-state index contributed by atoms with van der Waals surface area (Å²) in [5.74, 6) is 1.78. The van der Waals surface area contributed by atoms with Crippen molar-refractivity contribution in [3.8, 4) is 11.4 Å². The van der Waals surface area contributed by atoms with Crippen molar-refractivity contribution in [3.63, 3.8) is 0 Å². The summed E-state index contributed by atoms with van der Waals surface area (Å²) in [4.78, 5) is 13.1. The van der Waals surface area contributed by atoms with E-state index in [1.54, 1.807) is 0 Å². The molecule has 1 unspecified atom stereocenters. The highest BCUT2D eigenvalue weighted by molar-refractivity contribution is 7.99. The molecule has 0 N–H and O–H groups in total. The molecule has 7 heteroatoms. The lowest BCUT2D eigenvalue weighted by atomic mass is 9.88. The van der Waals surface area contributed by atoms with Gasteiger partial charge in [0, 0.05) is 22.4 Å². The molecule has 25 heavy (non-hydrogen) atoms. The maximum Gasteiger partial charge on any atom is 0.316 e. The Hall–Kier alpha value is -1.34. The highest BCUT2D eigenvalue weighted by Gasteiger charge is 2.24. The van der Waals surface area contributed by atoms with Gasteiger partial charge in [-0.25, -0.2) is 0 Å². The molecule has 1 aliphatic carbocycles. The quantitative estimate of drug-likeness (QED) is 0.533. The zero-order valence-corrected chi connectivity index (χ0v) is 16.7. The van der Waals surface area contributed by atoms with Gasteiger partial charge in [0.1, 0.15) is 0 Å². The number of esters is 1. The van der Waals surface area contributed by atoms with Crippen LogP contribution in [-0.4, -0.2) is 33.1 Å². The molecule has 5 nitrogen and oxygen atoms in total. The van der Waals surface area contributed by atoms with Crippen LogP contribution in [0.1, 0.15) is 44.1 Å². The molecule has 0 spiro atoms. The first-order valence-electron chi connectivity index (χ1n) is 8.95. The standard InChI is InChI=1S/C18H25N3O2S2/c1-4-8-21-17(19-20-18(21)25-11-16(22)23-5-2)14-10-24-15-9-12(3)6-7-13(14)15/h10,12H,4-9,11H2,1-3H3. The van der Waals surface area contributed by atoms with Crippen LogP contribution in [0.4, 0.5) is 0 Å². The summed E-state index contributed by atoms with van der Waals surface area (Å²) in [6, 6.07) is 0. The van der Waals surface area contributed by atoms with Crippen LogP contribution in [0.3, 0.4) is 0 Å². The highest BCUT2D eigenvalue weighted by Crippen LogP contribution is 2.38. The Balaban J connectivity index is 1.86. The molecule has 0 amide bonds. The van der Waals surface area contributed by atoms with Gasteiger partial charge in [0.05, 0.1) is 12.4 Å². The van der Waals surface area contributed by atoms with Crippen LogP contribution in [0.25, 0.3) is 11.4 Å². The molecule has 0 fully saturated rings. The molecule has 0 saturated carbocycles. The van der Waals surface area contributed by atoms with E-state index >= 15 is 0 Å². The Morgan fingerprint density at radius 2 is 2.28 bits per heavy atom. The zero-order chi connectivity index (χ0) is 17.8. The number of fused-ring (bicyclic) bond motifs is 1. The number of rotatable bonds is 7. The lowest BCUT2D eigenvalue weighted by molar-refractivity contribution is -0.139. The fraction of sp³-hybridized carbons (Fsp3) is 0.611. The Kier molecular flexibility index (Phi) is 6.17. The first-order valence-corrected chi connectivity index (χ1v) is 10.8. The number of hydrogen-bond donors (Lipinski definition) is 0. The molecule has 2 aromatic rings. The number of thiophene rings is 1.